The monoisotopic (exact) mass is 626 g/mol. The van der Waals surface area contributed by atoms with Crippen molar-refractivity contribution in [2.75, 3.05) is 13.2 Å². The molecule has 0 aliphatic heterocycles. The van der Waals surface area contributed by atoms with Crippen molar-refractivity contribution < 1.29 is 32.4 Å². The number of aromatic hydroxyl groups is 1. The normalized spacial score (nSPS) is 10.3. The molecule has 0 saturated heterocycles. The van der Waals surface area contributed by atoms with Gasteiger partial charge in [0.05, 0.1) is 5.75 Å². The molecule has 5 heteroatoms. The molecule has 3 nitrogen and oxygen atoms in total. The quantitative estimate of drug-likeness (QED) is 0.324. The van der Waals surface area contributed by atoms with E-state index in [2.05, 4.69) is 31.2 Å². The van der Waals surface area contributed by atoms with Gasteiger partial charge in [-0.25, -0.2) is 0 Å². The smallest absolute Gasteiger partial charge is 0.0898 e. The molecule has 0 bridgehead atoms. The van der Waals surface area contributed by atoms with Crippen molar-refractivity contribution in [1.29, 1.82) is 0 Å². The topological polar surface area (TPSA) is 61.0 Å². The molecule has 0 aliphatic rings. The van der Waals surface area contributed by atoms with Gasteiger partial charge in [-0.1, -0.05) is 54.1 Å². The van der Waals surface area contributed by atoms with Crippen LogP contribution in [0.1, 0.15) is 34.6 Å². The Morgan fingerprint density at radius 2 is 1.50 bits per heavy atom. The summed E-state index contributed by atoms with van der Waals surface area (Å²) in [5, 5.41) is 10.5. The second kappa shape index (κ2) is 16.8. The molecule has 0 aliphatic carbocycles. The van der Waals surface area contributed by atoms with Crippen molar-refractivity contribution in [3.63, 3.8) is 0 Å². The standard InChI is InChI=1S/C18H13O.C5H10.C4H10O.ClH.H2O.W/c19-18-16(14-8-3-1-4-9-14)12-7-13-17(18)15-10-5-2-6-11-15;1-5(2,3)4;1-3-5-4-2;;;/h1-10,12-13,19H;1H,2-4H3;3-4H2,1-2H3;1H;1H2;/q-1;;;;;+1/p-1. The van der Waals surface area contributed by atoms with Crippen LogP contribution >= 0.6 is 9.42 Å². The Bertz CT molecular complexity index is 832. The maximum Gasteiger partial charge on any atom is 0.0898 e. The van der Waals surface area contributed by atoms with E-state index in [0.29, 0.717) is 11.2 Å². The van der Waals surface area contributed by atoms with Crippen LogP contribution in [-0.4, -0.2) is 28.2 Å². The van der Waals surface area contributed by atoms with Gasteiger partial charge in [0.25, 0.3) is 0 Å². The van der Waals surface area contributed by atoms with E-state index in [-0.39, 0.29) is 5.48 Å². The SMILES string of the molecule is CC(C)(C)[CH]=[W][Cl].CCOCC.O.Oc1c(-c2[c-]cccc2)cccc1-c1ccccc1. The zero-order chi connectivity index (χ0) is 23.1. The molecule has 175 valence electrons. The predicted molar refractivity (Wildman–Crippen MR) is 135 cm³/mol. The molecule has 3 rings (SSSR count). The van der Waals surface area contributed by atoms with Gasteiger partial charge in [0.1, 0.15) is 0 Å². The number of ether oxygens (including phenoxy) is 1. The first kappa shape index (κ1) is 30.2. The van der Waals surface area contributed by atoms with Gasteiger partial charge in [0.15, 0.2) is 0 Å². The van der Waals surface area contributed by atoms with Gasteiger partial charge in [-0.05, 0) is 19.4 Å². The van der Waals surface area contributed by atoms with Crippen LogP contribution in [0.25, 0.3) is 22.3 Å². The van der Waals surface area contributed by atoms with Crippen molar-refractivity contribution in [2.24, 2.45) is 5.41 Å². The van der Waals surface area contributed by atoms with Gasteiger partial charge in [-0.2, -0.15) is 0 Å². The Kier molecular flexibility index (Phi) is 15.9. The third kappa shape index (κ3) is 11.7. The number of hydrogen-bond acceptors (Lipinski definition) is 2. The molecule has 0 heterocycles. The summed E-state index contributed by atoms with van der Waals surface area (Å²) in [4.78, 5) is 0. The van der Waals surface area contributed by atoms with E-state index >= 15 is 0 Å². The molecule has 3 aromatic carbocycles. The van der Waals surface area contributed by atoms with Crippen molar-refractivity contribution in [3.8, 4) is 28.0 Å². The number of para-hydroxylation sites is 1. The molecule has 0 saturated carbocycles. The van der Waals surface area contributed by atoms with Crippen LogP contribution in [0.3, 0.4) is 0 Å². The van der Waals surface area contributed by atoms with Gasteiger partial charge in [0, 0.05) is 18.8 Å². The first-order valence-electron chi connectivity index (χ1n) is 10.4. The Morgan fingerprint density at radius 3 is 1.94 bits per heavy atom. The van der Waals surface area contributed by atoms with Crippen molar-refractivity contribution in [3.05, 3.63) is 78.9 Å². The maximum absolute atomic E-state index is 10.5. The van der Waals surface area contributed by atoms with Gasteiger partial charge in [-0.3, -0.25) is 0 Å². The van der Waals surface area contributed by atoms with E-state index in [4.69, 9.17) is 14.2 Å². The van der Waals surface area contributed by atoms with Crippen LogP contribution in [0.15, 0.2) is 72.8 Å². The van der Waals surface area contributed by atoms with Crippen LogP contribution in [0, 0.1) is 11.5 Å². The molecule has 0 radical (unpaired) electrons. The summed E-state index contributed by atoms with van der Waals surface area (Å²) in [5.74, 6) is 0.302. The van der Waals surface area contributed by atoms with E-state index in [9.17, 15) is 5.11 Å². The van der Waals surface area contributed by atoms with Gasteiger partial charge in [-0.15, -0.1) is 35.9 Å². The van der Waals surface area contributed by atoms with Crippen LogP contribution in [0.5, 0.6) is 5.75 Å². The number of rotatable bonds is 4. The number of benzene rings is 3. The molecule has 0 spiro atoms. The number of hydrogen-bond donors (Lipinski definition) is 1. The summed E-state index contributed by atoms with van der Waals surface area (Å²) >= 11 is -0.543. The Hall–Kier alpha value is -1.77. The fourth-order valence-corrected chi connectivity index (χ4v) is 5.66. The third-order valence-corrected chi connectivity index (χ3v) is 7.52. The minimum atomic E-state index is -0.543. The average Bonchev–Trinajstić information content (AvgIpc) is 2.76. The predicted octanol–water partition coefficient (Wildman–Crippen LogP) is 6.82. The van der Waals surface area contributed by atoms with Gasteiger partial charge in [0.2, 0.25) is 0 Å². The third-order valence-electron chi connectivity index (χ3n) is 3.93. The number of phenolic OH excluding ortho intramolecular Hbond substituents is 1. The molecule has 0 fully saturated rings. The van der Waals surface area contributed by atoms with Crippen LogP contribution in [0.4, 0.5) is 0 Å². The number of phenols is 1. The fourth-order valence-electron chi connectivity index (χ4n) is 2.51. The van der Waals surface area contributed by atoms with E-state index < -0.39 is 17.1 Å². The molecule has 32 heavy (non-hydrogen) atoms. The molecular formula is C27H35ClO3W-. The molecule has 3 N–H and O–H groups in total. The maximum atomic E-state index is 10.5. The number of halogens is 1. The Labute approximate surface area is 205 Å². The Morgan fingerprint density at radius 1 is 0.906 bits per heavy atom. The molecular weight excluding hydrogens is 592 g/mol. The zero-order valence-electron chi connectivity index (χ0n) is 19.6. The van der Waals surface area contributed by atoms with Crippen molar-refractivity contribution in [1.82, 2.24) is 0 Å². The first-order chi connectivity index (χ1) is 14.8. The molecule has 0 unspecified atom stereocenters. The summed E-state index contributed by atoms with van der Waals surface area (Å²) in [5.41, 5.74) is 3.93. The minimum Gasteiger partial charge on any atom is -0.516 e. The van der Waals surface area contributed by atoms with Crippen LogP contribution < -0.4 is 0 Å². The van der Waals surface area contributed by atoms with E-state index in [0.717, 1.165) is 35.5 Å². The van der Waals surface area contributed by atoms with Gasteiger partial charge >= 0.3 is 57.1 Å². The average molecular weight is 627 g/mol. The van der Waals surface area contributed by atoms with Crippen LogP contribution in [0.2, 0.25) is 0 Å². The molecule has 0 amide bonds. The van der Waals surface area contributed by atoms with E-state index in [1.54, 1.807) is 0 Å². The second-order valence-electron chi connectivity index (χ2n) is 7.70. The van der Waals surface area contributed by atoms with Gasteiger partial charge < -0.3 is 15.3 Å². The zero-order valence-corrected chi connectivity index (χ0v) is 23.3. The van der Waals surface area contributed by atoms with Crippen molar-refractivity contribution in [2.45, 2.75) is 34.6 Å². The van der Waals surface area contributed by atoms with E-state index in [1.165, 1.54) is 0 Å². The molecule has 0 aromatic heterocycles. The summed E-state index contributed by atoms with van der Waals surface area (Å²) in [7, 11) is 5.60. The molecule has 0 atom stereocenters. The fraction of sp³-hybridized carbons (Fsp3) is 0.296. The summed E-state index contributed by atoms with van der Waals surface area (Å²) in [6.07, 6.45) is 0. The summed E-state index contributed by atoms with van der Waals surface area (Å²) in [6, 6.07) is 26.5. The summed E-state index contributed by atoms with van der Waals surface area (Å²) < 4.78 is 7.08. The minimum absolute atomic E-state index is 0. The molecule has 3 aromatic rings. The Balaban J connectivity index is 0.000000621. The second-order valence-corrected chi connectivity index (χ2v) is 10.6. The van der Waals surface area contributed by atoms with Crippen LogP contribution in [-0.2, 0) is 21.8 Å². The van der Waals surface area contributed by atoms with E-state index in [1.807, 2.05) is 86.6 Å². The first-order valence-corrected chi connectivity index (χ1v) is 15.7. The largest absolute Gasteiger partial charge is 0.516 e. The van der Waals surface area contributed by atoms with Crippen molar-refractivity contribution >= 4 is 13.8 Å². The summed E-state index contributed by atoms with van der Waals surface area (Å²) in [6.45, 7) is 12.2.